The predicted octanol–water partition coefficient (Wildman–Crippen LogP) is 2.51. The zero-order valence-corrected chi connectivity index (χ0v) is 10.2. The number of carbonyl (C=O) groups is 2. The molecule has 0 saturated heterocycles. The van der Waals surface area contributed by atoms with Gasteiger partial charge in [0.1, 0.15) is 5.78 Å². The molecule has 0 N–H and O–H groups in total. The third-order valence-corrected chi connectivity index (χ3v) is 1.93. The quantitative estimate of drug-likeness (QED) is 0.560. The fraction of sp³-hybridized carbons (Fsp3) is 0.778. The van der Waals surface area contributed by atoms with Gasteiger partial charge in [-0.1, -0.05) is 19.8 Å². The van der Waals surface area contributed by atoms with Crippen molar-refractivity contribution in [2.24, 2.45) is 5.92 Å². The first-order valence-corrected chi connectivity index (χ1v) is 4.42. The molecule has 0 aliphatic heterocycles. The molecule has 0 aromatic carbocycles. The summed E-state index contributed by atoms with van der Waals surface area (Å²) >= 11 is 0. The van der Waals surface area contributed by atoms with Crippen LogP contribution < -0.4 is 0 Å². The van der Waals surface area contributed by atoms with E-state index in [-0.39, 0.29) is 28.1 Å². The summed E-state index contributed by atoms with van der Waals surface area (Å²) in [5.74, 6) is -4.13. The van der Waals surface area contributed by atoms with E-state index in [4.69, 9.17) is 0 Å². The zero-order chi connectivity index (χ0) is 11.4. The van der Waals surface area contributed by atoms with E-state index >= 15 is 0 Å². The molecule has 0 aromatic heterocycles. The van der Waals surface area contributed by atoms with E-state index in [9.17, 15) is 22.8 Å². The molecule has 0 aliphatic carbocycles. The van der Waals surface area contributed by atoms with E-state index in [0.717, 1.165) is 6.92 Å². The van der Waals surface area contributed by atoms with E-state index in [1.165, 1.54) is 0 Å². The Hall–Kier alpha value is -0.156. The maximum atomic E-state index is 12.0. The van der Waals surface area contributed by atoms with E-state index in [1.54, 1.807) is 6.92 Å². The second-order valence-corrected chi connectivity index (χ2v) is 3.17. The predicted molar refractivity (Wildman–Crippen MR) is 44.8 cm³/mol. The number of hydrogen-bond acceptors (Lipinski definition) is 2. The number of ketones is 2. The standard InChI is InChI=1S/C9H13F3O2.Ti/c1-3-4-5-7(6(2)13)8(14)9(10,11)12;/h7H,3-5H2,1-2H3;. The summed E-state index contributed by atoms with van der Waals surface area (Å²) in [6.45, 7) is 2.80. The number of halogens is 3. The summed E-state index contributed by atoms with van der Waals surface area (Å²) in [6, 6.07) is 0. The number of unbranched alkanes of at least 4 members (excludes halogenated alkanes) is 1. The van der Waals surface area contributed by atoms with E-state index in [2.05, 4.69) is 0 Å². The van der Waals surface area contributed by atoms with Crippen molar-refractivity contribution in [3.63, 3.8) is 0 Å². The van der Waals surface area contributed by atoms with Crippen LogP contribution in [0, 0.1) is 5.92 Å². The van der Waals surface area contributed by atoms with Crippen LogP contribution >= 0.6 is 0 Å². The van der Waals surface area contributed by atoms with Crippen molar-refractivity contribution in [1.82, 2.24) is 0 Å². The first-order chi connectivity index (χ1) is 6.30. The summed E-state index contributed by atoms with van der Waals surface area (Å²) in [4.78, 5) is 21.6. The molecular weight excluding hydrogens is 245 g/mol. The van der Waals surface area contributed by atoms with Crippen molar-refractivity contribution in [3.05, 3.63) is 0 Å². The summed E-state index contributed by atoms with van der Waals surface area (Å²) in [6.07, 6.45) is -3.80. The summed E-state index contributed by atoms with van der Waals surface area (Å²) in [7, 11) is 0. The van der Waals surface area contributed by atoms with Crippen LogP contribution in [0.25, 0.3) is 0 Å². The first kappa shape index (κ1) is 17.2. The third kappa shape index (κ3) is 6.10. The monoisotopic (exact) mass is 258 g/mol. The van der Waals surface area contributed by atoms with Crippen LogP contribution in [0.5, 0.6) is 0 Å². The van der Waals surface area contributed by atoms with Gasteiger partial charge in [-0.3, -0.25) is 9.59 Å². The van der Waals surface area contributed by atoms with Crippen LogP contribution in [0.3, 0.4) is 0 Å². The summed E-state index contributed by atoms with van der Waals surface area (Å²) < 4.78 is 36.0. The molecule has 1 unspecified atom stereocenters. The van der Waals surface area contributed by atoms with Crippen molar-refractivity contribution in [3.8, 4) is 0 Å². The van der Waals surface area contributed by atoms with E-state index in [0.29, 0.717) is 12.8 Å². The molecule has 2 nitrogen and oxygen atoms in total. The van der Waals surface area contributed by atoms with Gasteiger partial charge in [0, 0.05) is 21.7 Å². The number of carbonyl (C=O) groups excluding carboxylic acids is 2. The van der Waals surface area contributed by atoms with Gasteiger partial charge in [0.2, 0.25) is 5.78 Å². The van der Waals surface area contributed by atoms with Crippen molar-refractivity contribution in [2.75, 3.05) is 0 Å². The van der Waals surface area contributed by atoms with Gasteiger partial charge < -0.3 is 0 Å². The Labute approximate surface area is 101 Å². The average Bonchev–Trinajstić information content (AvgIpc) is 2.02. The maximum absolute atomic E-state index is 12.0. The third-order valence-electron chi connectivity index (χ3n) is 1.93. The Morgan fingerprint density at radius 3 is 2.00 bits per heavy atom. The van der Waals surface area contributed by atoms with Crippen molar-refractivity contribution in [1.29, 1.82) is 0 Å². The van der Waals surface area contributed by atoms with Crippen LogP contribution in [-0.2, 0) is 31.3 Å². The molecule has 0 spiro atoms. The van der Waals surface area contributed by atoms with E-state index in [1.807, 2.05) is 0 Å². The molecule has 1 atom stereocenters. The molecule has 0 amide bonds. The molecular formula is C9H13F3O2Ti. The van der Waals surface area contributed by atoms with Crippen LogP contribution in [0.15, 0.2) is 0 Å². The minimum absolute atomic E-state index is 0. The molecule has 86 valence electrons. The molecule has 0 aromatic rings. The summed E-state index contributed by atoms with van der Waals surface area (Å²) in [5, 5.41) is 0. The smallest absolute Gasteiger partial charge is 0.299 e. The van der Waals surface area contributed by atoms with Crippen LogP contribution in [0.2, 0.25) is 0 Å². The van der Waals surface area contributed by atoms with Crippen LogP contribution in [0.1, 0.15) is 33.1 Å². The Morgan fingerprint density at radius 1 is 1.27 bits per heavy atom. The van der Waals surface area contributed by atoms with E-state index < -0.39 is 23.7 Å². The van der Waals surface area contributed by atoms with Gasteiger partial charge >= 0.3 is 6.18 Å². The molecule has 0 saturated carbocycles. The second kappa shape index (κ2) is 7.17. The number of rotatable bonds is 5. The van der Waals surface area contributed by atoms with Gasteiger partial charge in [0.25, 0.3) is 0 Å². The fourth-order valence-electron chi connectivity index (χ4n) is 1.12. The molecule has 0 fully saturated rings. The normalized spacial score (nSPS) is 12.9. The molecule has 6 heteroatoms. The molecule has 0 heterocycles. The molecule has 0 radical (unpaired) electrons. The number of hydrogen-bond donors (Lipinski definition) is 0. The van der Waals surface area contributed by atoms with Gasteiger partial charge in [-0.05, 0) is 13.3 Å². The topological polar surface area (TPSA) is 34.1 Å². The SMILES string of the molecule is CCCCC(C(C)=O)C(=O)C(F)(F)F.[Ti]. The van der Waals surface area contributed by atoms with Crippen LogP contribution in [-0.4, -0.2) is 17.7 Å². The Bertz CT molecular complexity index is 226. The van der Waals surface area contributed by atoms with Gasteiger partial charge in [-0.25, -0.2) is 0 Å². The Balaban J connectivity index is 0. The zero-order valence-electron chi connectivity index (χ0n) is 8.65. The van der Waals surface area contributed by atoms with Gasteiger partial charge in [-0.2, -0.15) is 13.2 Å². The largest absolute Gasteiger partial charge is 0.450 e. The van der Waals surface area contributed by atoms with Crippen LogP contribution in [0.4, 0.5) is 13.2 Å². The van der Waals surface area contributed by atoms with Crippen molar-refractivity contribution < 1.29 is 44.5 Å². The van der Waals surface area contributed by atoms with Crippen molar-refractivity contribution in [2.45, 2.75) is 39.3 Å². The Kier molecular flexibility index (Phi) is 8.25. The first-order valence-electron chi connectivity index (χ1n) is 4.42. The van der Waals surface area contributed by atoms with Gasteiger partial charge in [-0.15, -0.1) is 0 Å². The summed E-state index contributed by atoms with van der Waals surface area (Å²) in [5.41, 5.74) is 0. The number of alkyl halides is 3. The average molecular weight is 258 g/mol. The van der Waals surface area contributed by atoms with Gasteiger partial charge in [0.15, 0.2) is 0 Å². The minimum atomic E-state index is -4.90. The Morgan fingerprint density at radius 2 is 1.73 bits per heavy atom. The molecule has 15 heavy (non-hydrogen) atoms. The molecule has 0 aliphatic rings. The molecule has 0 rings (SSSR count). The van der Waals surface area contributed by atoms with Gasteiger partial charge in [0.05, 0.1) is 5.92 Å². The minimum Gasteiger partial charge on any atom is -0.299 e. The number of Topliss-reactive ketones (excluding diaryl/α,β-unsaturated/α-hetero) is 2. The maximum Gasteiger partial charge on any atom is 0.450 e. The molecule has 0 bridgehead atoms. The fourth-order valence-corrected chi connectivity index (χ4v) is 1.12. The second-order valence-electron chi connectivity index (χ2n) is 3.17. The van der Waals surface area contributed by atoms with Crippen molar-refractivity contribution >= 4 is 11.6 Å².